The van der Waals surface area contributed by atoms with E-state index in [-0.39, 0.29) is 18.0 Å². The number of carbonyl (C=O) groups is 2. The summed E-state index contributed by atoms with van der Waals surface area (Å²) in [5.41, 5.74) is 1.54. The quantitative estimate of drug-likeness (QED) is 0.339. The number of aromatic nitrogens is 1. The largest absolute Gasteiger partial charge is 0.385 e. The van der Waals surface area contributed by atoms with Gasteiger partial charge in [0.05, 0.1) is 6.61 Å². The summed E-state index contributed by atoms with van der Waals surface area (Å²) >= 11 is 0. The van der Waals surface area contributed by atoms with Crippen molar-refractivity contribution in [2.24, 2.45) is 0 Å². The van der Waals surface area contributed by atoms with Gasteiger partial charge in [-0.05, 0) is 18.6 Å². The Hall–Kier alpha value is -3.15. The van der Waals surface area contributed by atoms with Crippen molar-refractivity contribution in [2.45, 2.75) is 13.0 Å². The second-order valence-electron chi connectivity index (χ2n) is 6.34. The number of carbonyl (C=O) groups excluding carboxylic acids is 2. The predicted octanol–water partition coefficient (Wildman–Crippen LogP) is 1.46. The monoisotopic (exact) mass is 398 g/mol. The summed E-state index contributed by atoms with van der Waals surface area (Å²) in [7, 11) is 3.16. The summed E-state index contributed by atoms with van der Waals surface area (Å²) in [6.45, 7) is 1.95. The lowest BCUT2D eigenvalue weighted by atomic mass is 10.1. The van der Waals surface area contributed by atoms with Crippen molar-refractivity contribution >= 4 is 28.8 Å². The number of methoxy groups -OCH3 is 2. The first-order chi connectivity index (χ1) is 14.1. The summed E-state index contributed by atoms with van der Waals surface area (Å²) in [6, 6.07) is 9.49. The third kappa shape index (κ3) is 6.45. The van der Waals surface area contributed by atoms with Crippen LogP contribution in [0.5, 0.6) is 0 Å². The van der Waals surface area contributed by atoms with E-state index >= 15 is 0 Å². The van der Waals surface area contributed by atoms with Crippen LogP contribution in [0.1, 0.15) is 12.0 Å². The number of amides is 2. The van der Waals surface area contributed by atoms with E-state index in [4.69, 9.17) is 9.47 Å². The van der Waals surface area contributed by atoms with Gasteiger partial charge in [0.15, 0.2) is 0 Å². The van der Waals surface area contributed by atoms with Crippen LogP contribution in [0, 0.1) is 11.3 Å². The molecule has 0 saturated heterocycles. The molecule has 0 saturated carbocycles. The lowest BCUT2D eigenvalue weighted by molar-refractivity contribution is -0.121. The van der Waals surface area contributed by atoms with Gasteiger partial charge in [0.1, 0.15) is 18.2 Å². The highest BCUT2D eigenvalue weighted by Gasteiger charge is 2.13. The van der Waals surface area contributed by atoms with E-state index in [2.05, 4.69) is 10.6 Å². The van der Waals surface area contributed by atoms with Gasteiger partial charge in [-0.15, -0.1) is 0 Å². The zero-order valence-corrected chi connectivity index (χ0v) is 16.7. The molecule has 1 heterocycles. The van der Waals surface area contributed by atoms with E-state index in [0.717, 1.165) is 17.3 Å². The minimum atomic E-state index is -0.461. The zero-order chi connectivity index (χ0) is 21.1. The first-order valence-electron chi connectivity index (χ1n) is 9.33. The second-order valence-corrected chi connectivity index (χ2v) is 6.34. The van der Waals surface area contributed by atoms with Crippen LogP contribution in [-0.2, 0) is 25.6 Å². The number of ether oxygens (including phenoxy) is 2. The first-order valence-corrected chi connectivity index (χ1v) is 9.33. The topological polar surface area (TPSA) is 105 Å². The minimum Gasteiger partial charge on any atom is -0.385 e. The molecule has 0 atom stereocenters. The van der Waals surface area contributed by atoms with E-state index in [0.29, 0.717) is 31.9 Å². The zero-order valence-electron chi connectivity index (χ0n) is 16.7. The van der Waals surface area contributed by atoms with E-state index in [1.807, 2.05) is 34.9 Å². The number of nitrogens with one attached hydrogen (secondary N) is 2. The lowest BCUT2D eigenvalue weighted by Crippen LogP contribution is -2.28. The average molecular weight is 398 g/mol. The van der Waals surface area contributed by atoms with Crippen molar-refractivity contribution < 1.29 is 19.1 Å². The molecule has 1 aromatic heterocycles. The van der Waals surface area contributed by atoms with Crippen molar-refractivity contribution in [2.75, 3.05) is 40.5 Å². The number of hydrogen-bond donors (Lipinski definition) is 2. The molecule has 2 aromatic rings. The summed E-state index contributed by atoms with van der Waals surface area (Å²) in [5, 5.41) is 15.7. The lowest BCUT2D eigenvalue weighted by Gasteiger charge is -2.07. The summed E-state index contributed by atoms with van der Waals surface area (Å²) in [6.07, 6.45) is 4.06. The summed E-state index contributed by atoms with van der Waals surface area (Å²) < 4.78 is 11.7. The number of fused-ring (bicyclic) bond motifs is 1. The molecule has 0 unspecified atom stereocenters. The number of rotatable bonds is 11. The fraction of sp³-hybridized carbons (Fsp3) is 0.381. The van der Waals surface area contributed by atoms with Crippen LogP contribution >= 0.6 is 0 Å². The summed E-state index contributed by atoms with van der Waals surface area (Å²) in [4.78, 5) is 24.5. The van der Waals surface area contributed by atoms with Gasteiger partial charge in [-0.2, -0.15) is 5.26 Å². The molecule has 0 aliphatic heterocycles. The Morgan fingerprint density at radius 1 is 1.14 bits per heavy atom. The predicted molar refractivity (Wildman–Crippen MR) is 110 cm³/mol. The molecule has 0 aliphatic carbocycles. The molecule has 154 valence electrons. The standard InChI is InChI=1S/C21H26N4O4/c1-28-10-5-8-23-20(26)15-25-14-17(18-6-3-4-7-19(18)25)12-16(13-22)21(27)24-9-11-29-2/h3-4,6-7,12,14H,5,8-11,15H2,1-2H3,(H,23,26)(H,24,27)/b16-12+. The molecule has 2 amide bonds. The Morgan fingerprint density at radius 3 is 2.62 bits per heavy atom. The molecule has 2 rings (SSSR count). The van der Waals surface area contributed by atoms with E-state index in [1.54, 1.807) is 13.3 Å². The van der Waals surface area contributed by atoms with E-state index < -0.39 is 5.91 Å². The highest BCUT2D eigenvalue weighted by molar-refractivity contribution is 6.04. The molecule has 0 bridgehead atoms. The highest BCUT2D eigenvalue weighted by Crippen LogP contribution is 2.23. The maximum absolute atomic E-state index is 12.2. The van der Waals surface area contributed by atoms with Gasteiger partial charge in [-0.3, -0.25) is 9.59 Å². The average Bonchev–Trinajstić information content (AvgIpc) is 3.07. The van der Waals surface area contributed by atoms with Gasteiger partial charge < -0.3 is 24.7 Å². The molecule has 0 spiro atoms. The molecular weight excluding hydrogens is 372 g/mol. The van der Waals surface area contributed by atoms with Crippen molar-refractivity contribution in [3.8, 4) is 6.07 Å². The van der Waals surface area contributed by atoms with Gasteiger partial charge in [0.2, 0.25) is 5.91 Å². The minimum absolute atomic E-state index is 0.00646. The van der Waals surface area contributed by atoms with Gasteiger partial charge in [0, 0.05) is 56.6 Å². The molecule has 1 aromatic carbocycles. The van der Waals surface area contributed by atoms with Crippen molar-refractivity contribution in [3.05, 3.63) is 41.6 Å². The van der Waals surface area contributed by atoms with Crippen LogP contribution < -0.4 is 10.6 Å². The fourth-order valence-electron chi connectivity index (χ4n) is 2.84. The Bertz CT molecular complexity index is 911. The third-order valence-electron chi connectivity index (χ3n) is 4.24. The number of nitriles is 1. The molecule has 0 aliphatic rings. The third-order valence-corrected chi connectivity index (χ3v) is 4.24. The van der Waals surface area contributed by atoms with Crippen molar-refractivity contribution in [1.82, 2.24) is 15.2 Å². The van der Waals surface area contributed by atoms with Crippen LogP contribution in [-0.4, -0.2) is 56.9 Å². The van der Waals surface area contributed by atoms with Crippen LogP contribution in [0.2, 0.25) is 0 Å². The fourth-order valence-corrected chi connectivity index (χ4v) is 2.84. The van der Waals surface area contributed by atoms with Crippen LogP contribution in [0.15, 0.2) is 36.0 Å². The maximum Gasteiger partial charge on any atom is 0.262 e. The second kappa shape index (κ2) is 11.6. The molecule has 8 nitrogen and oxygen atoms in total. The first kappa shape index (κ1) is 22.1. The Balaban J connectivity index is 2.21. The van der Waals surface area contributed by atoms with Crippen molar-refractivity contribution in [1.29, 1.82) is 5.26 Å². The number of benzene rings is 1. The normalized spacial score (nSPS) is 11.3. The van der Waals surface area contributed by atoms with Gasteiger partial charge >= 0.3 is 0 Å². The number of nitrogens with zero attached hydrogens (tertiary/aromatic N) is 2. The summed E-state index contributed by atoms with van der Waals surface area (Å²) in [5.74, 6) is -0.576. The van der Waals surface area contributed by atoms with Crippen LogP contribution in [0.3, 0.4) is 0 Å². The van der Waals surface area contributed by atoms with Crippen LogP contribution in [0.25, 0.3) is 17.0 Å². The maximum atomic E-state index is 12.2. The molecule has 0 fully saturated rings. The van der Waals surface area contributed by atoms with Gasteiger partial charge in [-0.25, -0.2) is 0 Å². The van der Waals surface area contributed by atoms with E-state index in [1.165, 1.54) is 13.2 Å². The molecule has 0 radical (unpaired) electrons. The molecule has 29 heavy (non-hydrogen) atoms. The Morgan fingerprint density at radius 2 is 1.90 bits per heavy atom. The van der Waals surface area contributed by atoms with E-state index in [9.17, 15) is 14.9 Å². The Kier molecular flexibility index (Phi) is 8.89. The molecule has 8 heteroatoms. The van der Waals surface area contributed by atoms with Crippen molar-refractivity contribution in [3.63, 3.8) is 0 Å². The van der Waals surface area contributed by atoms with Gasteiger partial charge in [0.25, 0.3) is 5.91 Å². The Labute approximate surface area is 170 Å². The highest BCUT2D eigenvalue weighted by atomic mass is 16.5. The smallest absolute Gasteiger partial charge is 0.262 e. The molecule has 2 N–H and O–H groups in total. The van der Waals surface area contributed by atoms with Gasteiger partial charge in [-0.1, -0.05) is 18.2 Å². The number of para-hydroxylation sites is 1. The van der Waals surface area contributed by atoms with Crippen LogP contribution in [0.4, 0.5) is 0 Å². The number of hydrogen-bond acceptors (Lipinski definition) is 5. The molecular formula is C21H26N4O4. The SMILES string of the molecule is COCCCNC(=O)Cn1cc(/C=C(\C#N)C(=O)NCCOC)c2ccccc21.